The predicted octanol–water partition coefficient (Wildman–Crippen LogP) is 1.03. The van der Waals surface area contributed by atoms with Crippen LogP contribution >= 0.6 is 11.3 Å². The van der Waals surface area contributed by atoms with Crippen molar-refractivity contribution in [1.82, 2.24) is 14.8 Å². The lowest BCUT2D eigenvalue weighted by Crippen LogP contribution is -2.46. The lowest BCUT2D eigenvalue weighted by atomic mass is 10.4. The van der Waals surface area contributed by atoms with Gasteiger partial charge in [0.15, 0.2) is 0 Å². The minimum absolute atomic E-state index is 0.0521. The molecule has 5 nitrogen and oxygen atoms in total. The van der Waals surface area contributed by atoms with Crippen molar-refractivity contribution in [3.05, 3.63) is 16.6 Å². The van der Waals surface area contributed by atoms with Crippen molar-refractivity contribution in [1.29, 1.82) is 0 Å². The van der Waals surface area contributed by atoms with Crippen LogP contribution in [0.4, 0.5) is 4.79 Å². The number of urea groups is 1. The van der Waals surface area contributed by atoms with E-state index in [1.807, 2.05) is 10.3 Å². The van der Waals surface area contributed by atoms with Crippen LogP contribution in [-0.2, 0) is 11.3 Å². The summed E-state index contributed by atoms with van der Waals surface area (Å²) in [6, 6.07) is 0.0521. The SMILES string of the molecule is CN(Cc1cscn1)C(=O)N1CCOCC1. The van der Waals surface area contributed by atoms with Gasteiger partial charge in [-0.25, -0.2) is 9.78 Å². The molecule has 88 valence electrons. The number of hydrogen-bond donors (Lipinski definition) is 0. The molecule has 0 aromatic carbocycles. The van der Waals surface area contributed by atoms with Gasteiger partial charge < -0.3 is 14.5 Å². The third-order valence-corrected chi connectivity index (χ3v) is 3.13. The Morgan fingerprint density at radius 3 is 3.00 bits per heavy atom. The first kappa shape index (κ1) is 11.3. The Morgan fingerprint density at radius 2 is 2.38 bits per heavy atom. The molecule has 1 saturated heterocycles. The molecule has 1 fully saturated rings. The molecule has 1 aliphatic rings. The number of amides is 2. The lowest BCUT2D eigenvalue weighted by molar-refractivity contribution is 0.0447. The minimum atomic E-state index is 0.0521. The number of ether oxygens (including phenoxy) is 1. The fourth-order valence-corrected chi connectivity index (χ4v) is 2.17. The fraction of sp³-hybridized carbons (Fsp3) is 0.600. The van der Waals surface area contributed by atoms with Crippen molar-refractivity contribution in [2.75, 3.05) is 33.4 Å². The first-order chi connectivity index (χ1) is 7.77. The minimum Gasteiger partial charge on any atom is -0.378 e. The Kier molecular flexibility index (Phi) is 3.74. The highest BCUT2D eigenvalue weighted by molar-refractivity contribution is 7.07. The predicted molar refractivity (Wildman–Crippen MR) is 61.4 cm³/mol. The van der Waals surface area contributed by atoms with Crippen molar-refractivity contribution in [3.63, 3.8) is 0 Å². The number of thiazole rings is 1. The standard InChI is InChI=1S/C10H15N3O2S/c1-12(6-9-7-16-8-11-9)10(14)13-2-4-15-5-3-13/h7-8H,2-6H2,1H3. The zero-order valence-corrected chi connectivity index (χ0v) is 10.1. The van der Waals surface area contributed by atoms with Crippen molar-refractivity contribution < 1.29 is 9.53 Å². The number of morpholine rings is 1. The van der Waals surface area contributed by atoms with Gasteiger partial charge in [0.25, 0.3) is 0 Å². The Balaban J connectivity index is 1.88. The molecule has 6 heteroatoms. The van der Waals surface area contributed by atoms with Crippen LogP contribution in [0.1, 0.15) is 5.69 Å². The molecule has 0 atom stereocenters. The van der Waals surface area contributed by atoms with Gasteiger partial charge in [0, 0.05) is 25.5 Å². The van der Waals surface area contributed by atoms with Crippen LogP contribution in [0.2, 0.25) is 0 Å². The van der Waals surface area contributed by atoms with Gasteiger partial charge in [-0.15, -0.1) is 11.3 Å². The summed E-state index contributed by atoms with van der Waals surface area (Å²) >= 11 is 1.55. The molecule has 1 aromatic heterocycles. The molecule has 0 unspecified atom stereocenters. The summed E-state index contributed by atoms with van der Waals surface area (Å²) in [6.07, 6.45) is 0. The molecule has 0 bridgehead atoms. The van der Waals surface area contributed by atoms with E-state index in [0.29, 0.717) is 32.8 Å². The van der Waals surface area contributed by atoms with Gasteiger partial charge >= 0.3 is 6.03 Å². The van der Waals surface area contributed by atoms with Crippen molar-refractivity contribution in [2.24, 2.45) is 0 Å². The second kappa shape index (κ2) is 5.27. The molecule has 1 aliphatic heterocycles. The summed E-state index contributed by atoms with van der Waals surface area (Å²) in [6.45, 7) is 3.20. The van der Waals surface area contributed by atoms with E-state index in [9.17, 15) is 4.79 Å². The van der Waals surface area contributed by atoms with Crippen LogP contribution in [0.3, 0.4) is 0 Å². The number of rotatable bonds is 2. The van der Waals surface area contributed by atoms with Crippen LogP contribution in [0.25, 0.3) is 0 Å². The monoisotopic (exact) mass is 241 g/mol. The highest BCUT2D eigenvalue weighted by Crippen LogP contribution is 2.07. The highest BCUT2D eigenvalue weighted by atomic mass is 32.1. The van der Waals surface area contributed by atoms with Gasteiger partial charge in [-0.2, -0.15) is 0 Å². The number of aromatic nitrogens is 1. The average molecular weight is 241 g/mol. The summed E-state index contributed by atoms with van der Waals surface area (Å²) < 4.78 is 5.21. The number of nitrogens with zero attached hydrogens (tertiary/aromatic N) is 3. The van der Waals surface area contributed by atoms with Gasteiger partial charge in [0.05, 0.1) is 31.0 Å². The van der Waals surface area contributed by atoms with E-state index in [1.165, 1.54) is 0 Å². The summed E-state index contributed by atoms with van der Waals surface area (Å²) in [5.41, 5.74) is 2.72. The molecule has 1 aromatic rings. The molecule has 0 saturated carbocycles. The molecule has 0 radical (unpaired) electrons. The van der Waals surface area contributed by atoms with E-state index < -0.39 is 0 Å². The molecule has 2 heterocycles. The number of carbonyl (C=O) groups excluding carboxylic acids is 1. The lowest BCUT2D eigenvalue weighted by Gasteiger charge is -2.30. The smallest absolute Gasteiger partial charge is 0.320 e. The molecular formula is C10H15N3O2S. The van der Waals surface area contributed by atoms with Gasteiger partial charge in [0.1, 0.15) is 0 Å². The van der Waals surface area contributed by atoms with Crippen LogP contribution in [-0.4, -0.2) is 54.2 Å². The molecule has 2 amide bonds. The van der Waals surface area contributed by atoms with E-state index in [-0.39, 0.29) is 6.03 Å². The molecule has 0 N–H and O–H groups in total. The van der Waals surface area contributed by atoms with Gasteiger partial charge in [0.2, 0.25) is 0 Å². The van der Waals surface area contributed by atoms with Crippen LogP contribution in [0.15, 0.2) is 10.9 Å². The Labute approximate surface area is 98.6 Å². The van der Waals surface area contributed by atoms with Gasteiger partial charge in [-0.05, 0) is 0 Å². The van der Waals surface area contributed by atoms with Crippen LogP contribution in [0.5, 0.6) is 0 Å². The third kappa shape index (κ3) is 2.70. The molecule has 0 aliphatic carbocycles. The highest BCUT2D eigenvalue weighted by Gasteiger charge is 2.20. The summed E-state index contributed by atoms with van der Waals surface area (Å²) in [5.74, 6) is 0. The molecule has 16 heavy (non-hydrogen) atoms. The maximum absolute atomic E-state index is 12.0. The third-order valence-electron chi connectivity index (χ3n) is 2.49. The summed E-state index contributed by atoms with van der Waals surface area (Å²) in [5, 5.41) is 1.96. The zero-order valence-electron chi connectivity index (χ0n) is 9.26. The molecular weight excluding hydrogens is 226 g/mol. The first-order valence-electron chi connectivity index (χ1n) is 5.22. The normalized spacial score (nSPS) is 16.2. The van der Waals surface area contributed by atoms with Crippen LogP contribution < -0.4 is 0 Å². The Hall–Kier alpha value is -1.14. The number of carbonyl (C=O) groups is 1. The second-order valence-corrected chi connectivity index (χ2v) is 4.44. The Bertz CT molecular complexity index is 336. The van der Waals surface area contributed by atoms with E-state index in [1.54, 1.807) is 28.8 Å². The summed E-state index contributed by atoms with van der Waals surface area (Å²) in [7, 11) is 1.80. The molecule has 2 rings (SSSR count). The van der Waals surface area contributed by atoms with Crippen molar-refractivity contribution in [3.8, 4) is 0 Å². The zero-order chi connectivity index (χ0) is 11.4. The van der Waals surface area contributed by atoms with Gasteiger partial charge in [-0.3, -0.25) is 0 Å². The maximum atomic E-state index is 12.0. The second-order valence-electron chi connectivity index (χ2n) is 3.72. The van der Waals surface area contributed by atoms with E-state index >= 15 is 0 Å². The maximum Gasteiger partial charge on any atom is 0.320 e. The van der Waals surface area contributed by atoms with Crippen molar-refractivity contribution >= 4 is 17.4 Å². The van der Waals surface area contributed by atoms with Crippen molar-refractivity contribution in [2.45, 2.75) is 6.54 Å². The first-order valence-corrected chi connectivity index (χ1v) is 6.16. The average Bonchev–Trinajstić information content (AvgIpc) is 2.82. The van der Waals surface area contributed by atoms with Crippen LogP contribution in [0, 0.1) is 0 Å². The summed E-state index contributed by atoms with van der Waals surface area (Å²) in [4.78, 5) is 19.7. The van der Waals surface area contributed by atoms with E-state index in [2.05, 4.69) is 4.98 Å². The largest absolute Gasteiger partial charge is 0.378 e. The van der Waals surface area contributed by atoms with E-state index in [4.69, 9.17) is 4.74 Å². The van der Waals surface area contributed by atoms with Gasteiger partial charge in [-0.1, -0.05) is 0 Å². The quantitative estimate of drug-likeness (QED) is 0.777. The molecule has 0 spiro atoms. The topological polar surface area (TPSA) is 45.7 Å². The van der Waals surface area contributed by atoms with E-state index in [0.717, 1.165) is 5.69 Å². The Morgan fingerprint density at radius 1 is 1.62 bits per heavy atom. The fourth-order valence-electron chi connectivity index (χ4n) is 1.62. The number of hydrogen-bond acceptors (Lipinski definition) is 4.